The second kappa shape index (κ2) is 7.13. The maximum Gasteiger partial charge on any atom is 0.123 e. The smallest absolute Gasteiger partial charge is 0.123 e. The topological polar surface area (TPSA) is 0 Å². The summed E-state index contributed by atoms with van der Waals surface area (Å²) in [6.45, 7) is 0. The van der Waals surface area contributed by atoms with Gasteiger partial charge in [-0.05, 0) is 36.1 Å². The molecule has 0 N–H and O–H groups in total. The molecule has 0 radical (unpaired) electrons. The Kier molecular flexibility index (Phi) is 4.97. The van der Waals surface area contributed by atoms with Crippen LogP contribution in [-0.4, -0.2) is 5.25 Å². The highest BCUT2D eigenvalue weighted by atomic mass is 32.2. The van der Waals surface area contributed by atoms with E-state index in [2.05, 4.69) is 42.1 Å². The average Bonchev–Trinajstić information content (AvgIpc) is 2.55. The molecule has 21 heavy (non-hydrogen) atoms. The fraction of sp³-hybridized carbons (Fsp3) is 0.368. The summed E-state index contributed by atoms with van der Waals surface area (Å²) in [4.78, 5) is 0. The van der Waals surface area contributed by atoms with Gasteiger partial charge >= 0.3 is 0 Å². The van der Waals surface area contributed by atoms with E-state index in [0.29, 0.717) is 5.25 Å². The van der Waals surface area contributed by atoms with Crippen LogP contribution in [0.25, 0.3) is 0 Å². The molecule has 0 heterocycles. The van der Waals surface area contributed by atoms with E-state index in [4.69, 9.17) is 0 Å². The van der Waals surface area contributed by atoms with Gasteiger partial charge in [0, 0.05) is 5.25 Å². The first-order valence-corrected chi connectivity index (χ1v) is 8.73. The van der Waals surface area contributed by atoms with Gasteiger partial charge in [-0.25, -0.2) is 4.39 Å². The van der Waals surface area contributed by atoms with Gasteiger partial charge in [-0.15, -0.1) is 11.8 Å². The molecule has 2 aromatic rings. The lowest BCUT2D eigenvalue weighted by atomic mass is 10.0. The number of thioether (sulfide) groups is 1. The Bertz CT molecular complexity index is 544. The summed E-state index contributed by atoms with van der Waals surface area (Å²) in [5, 5.41) is 1.05. The van der Waals surface area contributed by atoms with E-state index >= 15 is 0 Å². The molecule has 0 amide bonds. The minimum absolute atomic E-state index is 0.159. The standard InChI is InChI=1S/C19H21FS/c20-17-13-11-16(12-14-17)19(15-7-3-1-4-8-15)21-18-9-5-2-6-10-18/h1,3-4,7-8,11-14,18-19H,2,5-6,9-10H2/t19-/m1/s1. The summed E-state index contributed by atoms with van der Waals surface area (Å²) in [7, 11) is 0. The highest BCUT2D eigenvalue weighted by Crippen LogP contribution is 2.42. The summed E-state index contributed by atoms with van der Waals surface area (Å²) in [5.41, 5.74) is 2.53. The second-order valence-corrected chi connectivity index (χ2v) is 7.15. The van der Waals surface area contributed by atoms with Crippen molar-refractivity contribution in [3.63, 3.8) is 0 Å². The van der Waals surface area contributed by atoms with Gasteiger partial charge in [0.25, 0.3) is 0 Å². The van der Waals surface area contributed by atoms with Gasteiger partial charge < -0.3 is 0 Å². The molecule has 0 nitrogen and oxygen atoms in total. The van der Waals surface area contributed by atoms with Crippen molar-refractivity contribution >= 4 is 11.8 Å². The maximum absolute atomic E-state index is 13.2. The molecule has 2 aromatic carbocycles. The van der Waals surface area contributed by atoms with Crippen molar-refractivity contribution in [2.24, 2.45) is 0 Å². The molecule has 0 bridgehead atoms. The zero-order valence-corrected chi connectivity index (χ0v) is 13.0. The van der Waals surface area contributed by atoms with Crippen molar-refractivity contribution in [3.8, 4) is 0 Å². The molecule has 0 aromatic heterocycles. The third-order valence-corrected chi connectivity index (χ3v) is 5.83. The van der Waals surface area contributed by atoms with Crippen molar-refractivity contribution < 1.29 is 4.39 Å². The average molecular weight is 300 g/mol. The molecule has 110 valence electrons. The Morgan fingerprint density at radius 3 is 2.10 bits per heavy atom. The molecule has 1 atom stereocenters. The fourth-order valence-corrected chi connectivity index (χ4v) is 4.63. The number of halogens is 1. The molecule has 2 heteroatoms. The van der Waals surface area contributed by atoms with E-state index in [1.165, 1.54) is 43.2 Å². The Morgan fingerprint density at radius 1 is 0.810 bits per heavy atom. The molecule has 0 unspecified atom stereocenters. The Hall–Kier alpha value is -1.28. The van der Waals surface area contributed by atoms with Gasteiger partial charge in [-0.1, -0.05) is 61.7 Å². The van der Waals surface area contributed by atoms with Gasteiger partial charge in [-0.3, -0.25) is 0 Å². The van der Waals surface area contributed by atoms with Crippen LogP contribution in [0.3, 0.4) is 0 Å². The van der Waals surface area contributed by atoms with Gasteiger partial charge in [0.2, 0.25) is 0 Å². The normalized spacial score (nSPS) is 17.6. The molecule has 1 aliphatic rings. The summed E-state index contributed by atoms with van der Waals surface area (Å²) < 4.78 is 13.2. The van der Waals surface area contributed by atoms with Gasteiger partial charge in [0.05, 0.1) is 5.25 Å². The maximum atomic E-state index is 13.2. The lowest BCUT2D eigenvalue weighted by molar-refractivity contribution is 0.515. The largest absolute Gasteiger partial charge is 0.207 e. The lowest BCUT2D eigenvalue weighted by Gasteiger charge is -2.27. The fourth-order valence-electron chi connectivity index (χ4n) is 3.01. The van der Waals surface area contributed by atoms with Crippen LogP contribution in [0.2, 0.25) is 0 Å². The third kappa shape index (κ3) is 3.88. The monoisotopic (exact) mass is 300 g/mol. The minimum atomic E-state index is -0.159. The highest BCUT2D eigenvalue weighted by molar-refractivity contribution is 8.00. The SMILES string of the molecule is Fc1ccc([C@H](SC2CCCCC2)c2ccccc2)cc1. The molecular weight excluding hydrogens is 279 g/mol. The highest BCUT2D eigenvalue weighted by Gasteiger charge is 2.22. The lowest BCUT2D eigenvalue weighted by Crippen LogP contribution is -2.11. The molecule has 1 saturated carbocycles. The number of benzene rings is 2. The second-order valence-electron chi connectivity index (χ2n) is 5.74. The first kappa shape index (κ1) is 14.6. The number of hydrogen-bond donors (Lipinski definition) is 0. The van der Waals surface area contributed by atoms with Gasteiger partial charge in [0.1, 0.15) is 5.82 Å². The first-order chi connectivity index (χ1) is 10.3. The van der Waals surface area contributed by atoms with Crippen molar-refractivity contribution in [3.05, 3.63) is 71.5 Å². The quantitative estimate of drug-likeness (QED) is 0.669. The Labute approximate surface area is 130 Å². The van der Waals surface area contributed by atoms with Crippen LogP contribution in [0.15, 0.2) is 54.6 Å². The number of rotatable bonds is 4. The van der Waals surface area contributed by atoms with E-state index in [-0.39, 0.29) is 5.82 Å². The van der Waals surface area contributed by atoms with Gasteiger partial charge in [0.15, 0.2) is 0 Å². The van der Waals surface area contributed by atoms with Crippen molar-refractivity contribution in [2.75, 3.05) is 0 Å². The molecule has 3 rings (SSSR count). The molecular formula is C19H21FS. The van der Waals surface area contributed by atoms with Crippen LogP contribution < -0.4 is 0 Å². The molecule has 1 aliphatic carbocycles. The Balaban J connectivity index is 1.85. The summed E-state index contributed by atoms with van der Waals surface area (Å²) in [6.07, 6.45) is 6.71. The first-order valence-electron chi connectivity index (χ1n) is 7.79. The van der Waals surface area contributed by atoms with Crippen LogP contribution >= 0.6 is 11.8 Å². The van der Waals surface area contributed by atoms with E-state index in [1.54, 1.807) is 12.1 Å². The molecule has 1 fully saturated rings. The predicted octanol–water partition coefficient (Wildman–Crippen LogP) is 5.98. The summed E-state index contributed by atoms with van der Waals surface area (Å²) in [5.74, 6) is -0.159. The van der Waals surface area contributed by atoms with Gasteiger partial charge in [-0.2, -0.15) is 0 Å². The third-order valence-electron chi connectivity index (χ3n) is 4.16. The molecule has 0 saturated heterocycles. The summed E-state index contributed by atoms with van der Waals surface area (Å²) in [6, 6.07) is 17.6. The van der Waals surface area contributed by atoms with E-state index in [9.17, 15) is 4.39 Å². The Morgan fingerprint density at radius 2 is 1.43 bits per heavy atom. The minimum Gasteiger partial charge on any atom is -0.207 e. The zero-order chi connectivity index (χ0) is 14.5. The van der Waals surface area contributed by atoms with E-state index < -0.39 is 0 Å². The molecule has 0 spiro atoms. The van der Waals surface area contributed by atoms with Crippen molar-refractivity contribution in [1.82, 2.24) is 0 Å². The molecule has 0 aliphatic heterocycles. The zero-order valence-electron chi connectivity index (χ0n) is 12.2. The van der Waals surface area contributed by atoms with Crippen molar-refractivity contribution in [1.29, 1.82) is 0 Å². The number of hydrogen-bond acceptors (Lipinski definition) is 1. The predicted molar refractivity (Wildman–Crippen MR) is 89.1 cm³/mol. The van der Waals surface area contributed by atoms with Crippen LogP contribution in [-0.2, 0) is 0 Å². The van der Waals surface area contributed by atoms with E-state index in [1.807, 2.05) is 12.1 Å². The van der Waals surface area contributed by atoms with Crippen LogP contribution in [0.4, 0.5) is 4.39 Å². The summed E-state index contributed by atoms with van der Waals surface area (Å²) >= 11 is 2.06. The van der Waals surface area contributed by atoms with Crippen molar-refractivity contribution in [2.45, 2.75) is 42.6 Å². The van der Waals surface area contributed by atoms with Crippen LogP contribution in [0.1, 0.15) is 48.5 Å². The van der Waals surface area contributed by atoms with E-state index in [0.717, 1.165) is 5.25 Å². The van der Waals surface area contributed by atoms with Crippen LogP contribution in [0, 0.1) is 5.82 Å². The van der Waals surface area contributed by atoms with Crippen LogP contribution in [0.5, 0.6) is 0 Å².